The number of ether oxygens (including phenoxy) is 1. The summed E-state index contributed by atoms with van der Waals surface area (Å²) in [7, 11) is 0. The Morgan fingerprint density at radius 2 is 2.06 bits per heavy atom. The van der Waals surface area contributed by atoms with Crippen molar-refractivity contribution in [1.29, 1.82) is 0 Å². The van der Waals surface area contributed by atoms with Crippen molar-refractivity contribution in [2.75, 3.05) is 13.2 Å². The molecule has 0 unspecified atom stereocenters. The molecule has 0 fully saturated rings. The normalized spacial score (nSPS) is 11.5. The molecule has 0 heterocycles. The Labute approximate surface area is 98.8 Å². The maximum absolute atomic E-state index is 11.9. The molecule has 0 spiro atoms. The highest BCUT2D eigenvalue weighted by Gasteiger charge is 2.25. The summed E-state index contributed by atoms with van der Waals surface area (Å²) in [5.41, 5.74) is 0.915. The summed E-state index contributed by atoms with van der Waals surface area (Å²) in [6.45, 7) is 2.80. The monoisotopic (exact) mass is 247 g/mol. The van der Waals surface area contributed by atoms with Crippen molar-refractivity contribution in [1.82, 2.24) is 5.32 Å². The molecule has 1 N–H and O–H groups in total. The third-order valence-corrected chi connectivity index (χ3v) is 2.12. The number of hydrogen-bond acceptors (Lipinski definition) is 2. The van der Waals surface area contributed by atoms with E-state index in [9.17, 15) is 13.2 Å². The Morgan fingerprint density at radius 1 is 1.29 bits per heavy atom. The fraction of sp³-hybridized carbons (Fsp3) is 0.500. The molecule has 17 heavy (non-hydrogen) atoms. The van der Waals surface area contributed by atoms with Gasteiger partial charge in [-0.15, -0.1) is 0 Å². The second kappa shape index (κ2) is 6.49. The molecule has 0 aliphatic rings. The summed E-state index contributed by atoms with van der Waals surface area (Å²) >= 11 is 0. The average molecular weight is 247 g/mol. The van der Waals surface area contributed by atoms with Crippen molar-refractivity contribution in [2.24, 2.45) is 0 Å². The van der Waals surface area contributed by atoms with Gasteiger partial charge in [-0.05, 0) is 24.6 Å². The van der Waals surface area contributed by atoms with Crippen LogP contribution in [0.4, 0.5) is 13.2 Å². The van der Waals surface area contributed by atoms with Gasteiger partial charge in [-0.3, -0.25) is 0 Å². The quantitative estimate of drug-likeness (QED) is 0.780. The average Bonchev–Trinajstić information content (AvgIpc) is 2.24. The van der Waals surface area contributed by atoms with Gasteiger partial charge < -0.3 is 10.1 Å². The largest absolute Gasteiger partial charge is 0.494 e. The van der Waals surface area contributed by atoms with Gasteiger partial charge in [0.1, 0.15) is 5.75 Å². The molecule has 1 rings (SSSR count). The standard InChI is InChI=1S/C12H16F3NO/c1-2-17-11-5-3-4-10(8-11)9-16-7-6-12(13,14)15/h3-5,8,16H,2,6-7,9H2,1H3. The Kier molecular flexibility index (Phi) is 5.28. The highest BCUT2D eigenvalue weighted by atomic mass is 19.4. The molecule has 0 aromatic heterocycles. The van der Waals surface area contributed by atoms with E-state index in [4.69, 9.17) is 4.74 Å². The maximum Gasteiger partial charge on any atom is 0.390 e. The van der Waals surface area contributed by atoms with Gasteiger partial charge in [0.25, 0.3) is 0 Å². The van der Waals surface area contributed by atoms with E-state index in [1.807, 2.05) is 31.2 Å². The van der Waals surface area contributed by atoms with Crippen molar-refractivity contribution in [3.8, 4) is 5.75 Å². The predicted molar refractivity (Wildman–Crippen MR) is 60.0 cm³/mol. The number of halogens is 3. The maximum atomic E-state index is 11.9. The zero-order valence-electron chi connectivity index (χ0n) is 9.68. The molecule has 0 atom stereocenters. The smallest absolute Gasteiger partial charge is 0.390 e. The van der Waals surface area contributed by atoms with Gasteiger partial charge in [-0.25, -0.2) is 0 Å². The molecule has 0 aliphatic carbocycles. The number of nitrogens with one attached hydrogen (secondary N) is 1. The van der Waals surface area contributed by atoms with Gasteiger partial charge in [-0.1, -0.05) is 12.1 Å². The zero-order valence-corrected chi connectivity index (χ0v) is 9.68. The van der Waals surface area contributed by atoms with E-state index in [0.29, 0.717) is 13.2 Å². The van der Waals surface area contributed by atoms with Crippen LogP contribution in [0.3, 0.4) is 0 Å². The first-order chi connectivity index (χ1) is 8.01. The van der Waals surface area contributed by atoms with Gasteiger partial charge >= 0.3 is 6.18 Å². The lowest BCUT2D eigenvalue weighted by molar-refractivity contribution is -0.133. The first kappa shape index (κ1) is 13.8. The van der Waals surface area contributed by atoms with Crippen molar-refractivity contribution in [2.45, 2.75) is 26.1 Å². The van der Waals surface area contributed by atoms with Gasteiger partial charge in [0.05, 0.1) is 13.0 Å². The summed E-state index contributed by atoms with van der Waals surface area (Å²) in [5, 5.41) is 2.75. The molecule has 96 valence electrons. The van der Waals surface area contributed by atoms with E-state index in [1.54, 1.807) is 0 Å². The molecular formula is C12H16F3NO. The molecular weight excluding hydrogens is 231 g/mol. The molecule has 1 aromatic rings. The third kappa shape index (κ3) is 6.16. The van der Waals surface area contributed by atoms with E-state index in [2.05, 4.69) is 5.32 Å². The molecule has 0 aliphatic heterocycles. The summed E-state index contributed by atoms with van der Waals surface area (Å²) in [6.07, 6.45) is -4.90. The fourth-order valence-electron chi connectivity index (χ4n) is 1.37. The van der Waals surface area contributed by atoms with Crippen LogP contribution in [-0.2, 0) is 6.54 Å². The summed E-state index contributed by atoms with van der Waals surface area (Å²) in [4.78, 5) is 0. The second-order valence-corrected chi connectivity index (χ2v) is 3.62. The van der Waals surface area contributed by atoms with Crippen molar-refractivity contribution >= 4 is 0 Å². The number of alkyl halides is 3. The summed E-state index contributed by atoms with van der Waals surface area (Å²) < 4.78 is 41.0. The highest BCUT2D eigenvalue weighted by Crippen LogP contribution is 2.18. The van der Waals surface area contributed by atoms with E-state index in [0.717, 1.165) is 11.3 Å². The topological polar surface area (TPSA) is 21.3 Å². The van der Waals surface area contributed by atoms with E-state index < -0.39 is 12.6 Å². The molecule has 1 aromatic carbocycles. The number of hydrogen-bond donors (Lipinski definition) is 1. The molecule has 0 radical (unpaired) electrons. The minimum absolute atomic E-state index is 0.0671. The minimum Gasteiger partial charge on any atom is -0.494 e. The van der Waals surface area contributed by atoms with Crippen molar-refractivity contribution in [3.05, 3.63) is 29.8 Å². The van der Waals surface area contributed by atoms with Crippen molar-refractivity contribution < 1.29 is 17.9 Å². The van der Waals surface area contributed by atoms with Gasteiger partial charge in [0.2, 0.25) is 0 Å². The highest BCUT2D eigenvalue weighted by molar-refractivity contribution is 5.28. The van der Waals surface area contributed by atoms with Crippen LogP contribution in [0.15, 0.2) is 24.3 Å². The third-order valence-electron chi connectivity index (χ3n) is 2.12. The van der Waals surface area contributed by atoms with Crippen LogP contribution in [0.5, 0.6) is 5.75 Å². The Hall–Kier alpha value is -1.23. The molecule has 0 saturated carbocycles. The van der Waals surface area contributed by atoms with Gasteiger partial charge in [0.15, 0.2) is 0 Å². The van der Waals surface area contributed by atoms with Crippen LogP contribution in [0, 0.1) is 0 Å². The first-order valence-corrected chi connectivity index (χ1v) is 5.50. The minimum atomic E-state index is -4.10. The van der Waals surface area contributed by atoms with Crippen LogP contribution in [-0.4, -0.2) is 19.3 Å². The molecule has 0 saturated heterocycles. The van der Waals surface area contributed by atoms with Crippen LogP contribution in [0.25, 0.3) is 0 Å². The van der Waals surface area contributed by atoms with Crippen LogP contribution in [0.1, 0.15) is 18.9 Å². The van der Waals surface area contributed by atoms with E-state index in [-0.39, 0.29) is 6.54 Å². The first-order valence-electron chi connectivity index (χ1n) is 5.50. The van der Waals surface area contributed by atoms with Gasteiger partial charge in [-0.2, -0.15) is 13.2 Å². The van der Waals surface area contributed by atoms with E-state index >= 15 is 0 Å². The SMILES string of the molecule is CCOc1cccc(CNCCC(F)(F)F)c1. The predicted octanol–water partition coefficient (Wildman–Crippen LogP) is 3.13. The summed E-state index contributed by atoms with van der Waals surface area (Å²) in [5.74, 6) is 0.739. The summed E-state index contributed by atoms with van der Waals surface area (Å²) in [6, 6.07) is 7.32. The fourth-order valence-corrected chi connectivity index (χ4v) is 1.37. The van der Waals surface area contributed by atoms with Crippen LogP contribution in [0.2, 0.25) is 0 Å². The zero-order chi connectivity index (χ0) is 12.7. The lowest BCUT2D eigenvalue weighted by Gasteiger charge is -2.09. The van der Waals surface area contributed by atoms with Crippen LogP contribution >= 0.6 is 0 Å². The van der Waals surface area contributed by atoms with Crippen LogP contribution < -0.4 is 10.1 Å². The molecule has 2 nitrogen and oxygen atoms in total. The molecule has 0 bridgehead atoms. The lowest BCUT2D eigenvalue weighted by Crippen LogP contribution is -2.21. The lowest BCUT2D eigenvalue weighted by atomic mass is 10.2. The van der Waals surface area contributed by atoms with E-state index in [1.165, 1.54) is 0 Å². The Morgan fingerprint density at radius 3 is 2.71 bits per heavy atom. The second-order valence-electron chi connectivity index (χ2n) is 3.62. The van der Waals surface area contributed by atoms with Gasteiger partial charge in [0, 0.05) is 13.1 Å². The molecule has 5 heteroatoms. The van der Waals surface area contributed by atoms with Crippen molar-refractivity contribution in [3.63, 3.8) is 0 Å². The number of rotatable bonds is 6. The molecule has 0 amide bonds. The Balaban J connectivity index is 2.34. The number of benzene rings is 1. The Bertz CT molecular complexity index is 339.